The molecule has 0 radical (unpaired) electrons. The minimum Gasteiger partial charge on any atom is -0.300 e. The van der Waals surface area contributed by atoms with Gasteiger partial charge in [0.05, 0.1) is 0 Å². The molecule has 1 nitrogen and oxygen atoms in total. The Hall–Kier alpha value is -0.700. The van der Waals surface area contributed by atoms with Gasteiger partial charge in [0.15, 0.2) is 0 Å². The summed E-state index contributed by atoms with van der Waals surface area (Å²) in [6.45, 7) is 2.01. The highest BCUT2D eigenvalue weighted by Crippen LogP contribution is 2.20. The molecule has 0 saturated carbocycles. The Balaban J connectivity index is 2.40. The fraction of sp³-hybridized carbons (Fsp3) is 0.462. The van der Waals surface area contributed by atoms with E-state index in [0.717, 1.165) is 29.3 Å². The van der Waals surface area contributed by atoms with Gasteiger partial charge in [0.2, 0.25) is 0 Å². The van der Waals surface area contributed by atoms with Gasteiger partial charge in [-0.05, 0) is 37.0 Å². The molecule has 3 heteroatoms. The average Bonchev–Trinajstić information content (AvgIpc) is 2.22. The van der Waals surface area contributed by atoms with Crippen LogP contribution >= 0.6 is 15.9 Å². The van der Waals surface area contributed by atoms with E-state index in [0.29, 0.717) is 18.6 Å². The predicted octanol–water partition coefficient (Wildman–Crippen LogP) is 4.28. The monoisotopic (exact) mass is 286 g/mol. The van der Waals surface area contributed by atoms with E-state index in [-0.39, 0.29) is 5.82 Å². The third-order valence-electron chi connectivity index (χ3n) is 2.45. The Bertz CT molecular complexity index is 363. The lowest BCUT2D eigenvalue weighted by Crippen LogP contribution is -1.98. The summed E-state index contributed by atoms with van der Waals surface area (Å²) >= 11 is 3.32. The van der Waals surface area contributed by atoms with Crippen molar-refractivity contribution < 1.29 is 9.18 Å². The number of carbonyl (C=O) groups excluding carboxylic acids is 1. The number of ketones is 1. The first kappa shape index (κ1) is 13.4. The molecule has 1 aromatic carbocycles. The van der Waals surface area contributed by atoms with Crippen LogP contribution in [0.2, 0.25) is 0 Å². The number of Topliss-reactive ketones (excluding diaryl/α,β-unsaturated/α-hetero) is 1. The zero-order chi connectivity index (χ0) is 12.0. The molecule has 0 aliphatic carbocycles. The molecule has 0 saturated heterocycles. The third-order valence-corrected chi connectivity index (χ3v) is 3.18. The van der Waals surface area contributed by atoms with E-state index in [1.165, 1.54) is 12.1 Å². The molecule has 16 heavy (non-hydrogen) atoms. The van der Waals surface area contributed by atoms with Crippen molar-refractivity contribution in [2.24, 2.45) is 0 Å². The molecule has 0 heterocycles. The van der Waals surface area contributed by atoms with Crippen LogP contribution in [0, 0.1) is 5.82 Å². The number of hydrogen-bond donors (Lipinski definition) is 0. The molecule has 0 N–H and O–H groups in total. The summed E-state index contributed by atoms with van der Waals surface area (Å²) in [7, 11) is 0. The molecule has 0 spiro atoms. The van der Waals surface area contributed by atoms with E-state index in [4.69, 9.17) is 0 Å². The Morgan fingerprint density at radius 2 is 2.12 bits per heavy atom. The van der Waals surface area contributed by atoms with Crippen LogP contribution in [0.5, 0.6) is 0 Å². The van der Waals surface area contributed by atoms with Crippen molar-refractivity contribution in [3.05, 3.63) is 34.1 Å². The standard InChI is InChI=1S/C13H16BrFO/c1-2-4-12(16)6-3-5-10-7-8-11(15)9-13(10)14/h7-9H,2-6H2,1H3. The number of benzene rings is 1. The highest BCUT2D eigenvalue weighted by molar-refractivity contribution is 9.10. The summed E-state index contributed by atoms with van der Waals surface area (Å²) in [6, 6.07) is 4.68. The van der Waals surface area contributed by atoms with Crippen molar-refractivity contribution in [2.45, 2.75) is 39.0 Å². The summed E-state index contributed by atoms with van der Waals surface area (Å²) in [5.74, 6) is 0.0819. The summed E-state index contributed by atoms with van der Waals surface area (Å²) < 4.78 is 13.6. The fourth-order valence-electron chi connectivity index (χ4n) is 1.60. The summed E-state index contributed by atoms with van der Waals surface area (Å²) in [5.41, 5.74) is 1.06. The van der Waals surface area contributed by atoms with Crippen LogP contribution in [-0.4, -0.2) is 5.78 Å². The topological polar surface area (TPSA) is 17.1 Å². The molecular weight excluding hydrogens is 271 g/mol. The first-order valence-electron chi connectivity index (χ1n) is 5.59. The van der Waals surface area contributed by atoms with Gasteiger partial charge in [-0.15, -0.1) is 0 Å². The van der Waals surface area contributed by atoms with Crippen LogP contribution in [-0.2, 0) is 11.2 Å². The highest BCUT2D eigenvalue weighted by Gasteiger charge is 2.04. The van der Waals surface area contributed by atoms with E-state index in [9.17, 15) is 9.18 Å². The number of hydrogen-bond acceptors (Lipinski definition) is 1. The van der Waals surface area contributed by atoms with Crippen LogP contribution in [0.25, 0.3) is 0 Å². The van der Waals surface area contributed by atoms with Crippen molar-refractivity contribution in [1.82, 2.24) is 0 Å². The molecule has 88 valence electrons. The van der Waals surface area contributed by atoms with Crippen molar-refractivity contribution in [1.29, 1.82) is 0 Å². The van der Waals surface area contributed by atoms with Crippen molar-refractivity contribution in [3.8, 4) is 0 Å². The molecular formula is C13H16BrFO. The summed E-state index contributed by atoms with van der Waals surface area (Å²) in [6.07, 6.45) is 3.86. The van der Waals surface area contributed by atoms with E-state index >= 15 is 0 Å². The maximum atomic E-state index is 12.8. The molecule has 1 rings (SSSR count). The lowest BCUT2D eigenvalue weighted by Gasteiger charge is -2.04. The first-order valence-corrected chi connectivity index (χ1v) is 6.38. The Labute approximate surface area is 104 Å². The van der Waals surface area contributed by atoms with Gasteiger partial charge >= 0.3 is 0 Å². The molecule has 0 bridgehead atoms. The zero-order valence-electron chi connectivity index (χ0n) is 9.43. The Kier molecular flexibility index (Phi) is 5.67. The number of halogens is 2. The number of aryl methyl sites for hydroxylation is 1. The van der Waals surface area contributed by atoms with Crippen LogP contribution in [0.15, 0.2) is 22.7 Å². The summed E-state index contributed by atoms with van der Waals surface area (Å²) in [5, 5.41) is 0. The lowest BCUT2D eigenvalue weighted by molar-refractivity contribution is -0.119. The molecule has 0 amide bonds. The van der Waals surface area contributed by atoms with Gasteiger partial charge in [-0.2, -0.15) is 0 Å². The molecule has 0 atom stereocenters. The smallest absolute Gasteiger partial charge is 0.132 e. The predicted molar refractivity (Wildman–Crippen MR) is 67.0 cm³/mol. The Morgan fingerprint density at radius 3 is 2.75 bits per heavy atom. The minimum absolute atomic E-state index is 0.238. The van der Waals surface area contributed by atoms with Gasteiger partial charge in [0.1, 0.15) is 11.6 Å². The second-order valence-corrected chi connectivity index (χ2v) is 4.73. The molecule has 0 aliphatic rings. The van der Waals surface area contributed by atoms with E-state index in [2.05, 4.69) is 15.9 Å². The molecule has 1 aromatic rings. The normalized spacial score (nSPS) is 10.4. The van der Waals surface area contributed by atoms with Gasteiger partial charge in [-0.1, -0.05) is 28.9 Å². The van der Waals surface area contributed by atoms with Gasteiger partial charge in [-0.3, -0.25) is 4.79 Å². The van der Waals surface area contributed by atoms with Crippen LogP contribution < -0.4 is 0 Å². The van der Waals surface area contributed by atoms with Crippen molar-refractivity contribution in [3.63, 3.8) is 0 Å². The molecule has 0 unspecified atom stereocenters. The van der Waals surface area contributed by atoms with E-state index < -0.39 is 0 Å². The van der Waals surface area contributed by atoms with Crippen LogP contribution in [0.1, 0.15) is 38.2 Å². The largest absolute Gasteiger partial charge is 0.300 e. The Morgan fingerprint density at radius 1 is 1.38 bits per heavy atom. The van der Waals surface area contributed by atoms with E-state index in [1.54, 1.807) is 6.07 Å². The van der Waals surface area contributed by atoms with Crippen LogP contribution in [0.3, 0.4) is 0 Å². The summed E-state index contributed by atoms with van der Waals surface area (Å²) in [4.78, 5) is 11.3. The molecule has 0 aliphatic heterocycles. The number of rotatable bonds is 6. The van der Waals surface area contributed by atoms with Gasteiger partial charge < -0.3 is 0 Å². The quantitative estimate of drug-likeness (QED) is 0.763. The van der Waals surface area contributed by atoms with Crippen molar-refractivity contribution in [2.75, 3.05) is 0 Å². The highest BCUT2D eigenvalue weighted by atomic mass is 79.9. The van der Waals surface area contributed by atoms with Gasteiger partial charge in [0, 0.05) is 17.3 Å². The second kappa shape index (κ2) is 6.79. The SMILES string of the molecule is CCCC(=O)CCCc1ccc(F)cc1Br. The zero-order valence-corrected chi connectivity index (χ0v) is 11.0. The third kappa shape index (κ3) is 4.44. The average molecular weight is 287 g/mol. The van der Waals surface area contributed by atoms with Crippen molar-refractivity contribution >= 4 is 21.7 Å². The fourth-order valence-corrected chi connectivity index (χ4v) is 2.15. The second-order valence-electron chi connectivity index (χ2n) is 3.88. The van der Waals surface area contributed by atoms with E-state index in [1.807, 2.05) is 6.92 Å². The van der Waals surface area contributed by atoms with Gasteiger partial charge in [-0.25, -0.2) is 4.39 Å². The lowest BCUT2D eigenvalue weighted by atomic mass is 10.0. The molecule has 0 fully saturated rings. The minimum atomic E-state index is -0.238. The maximum absolute atomic E-state index is 12.8. The number of carbonyl (C=O) groups is 1. The van der Waals surface area contributed by atoms with Crippen LogP contribution in [0.4, 0.5) is 4.39 Å². The molecule has 0 aromatic heterocycles. The van der Waals surface area contributed by atoms with Gasteiger partial charge in [0.25, 0.3) is 0 Å². The maximum Gasteiger partial charge on any atom is 0.132 e. The first-order chi connectivity index (χ1) is 7.63.